The second kappa shape index (κ2) is 8.71. The number of allylic oxidation sites excluding steroid dienone is 1. The van der Waals surface area contributed by atoms with Crippen LogP contribution < -0.4 is 20.4 Å². The first-order valence-electron chi connectivity index (χ1n) is 10.6. The molecule has 2 N–H and O–H groups in total. The van der Waals surface area contributed by atoms with Gasteiger partial charge in [-0.3, -0.25) is 19.5 Å². The number of amides is 2. The molecule has 2 aromatic heterocycles. The maximum absolute atomic E-state index is 12.9. The fourth-order valence-electron chi connectivity index (χ4n) is 4.28. The Balaban J connectivity index is 1.32. The second-order valence-electron chi connectivity index (χ2n) is 7.76. The van der Waals surface area contributed by atoms with Gasteiger partial charge in [0.1, 0.15) is 11.5 Å². The molecular weight excluding hydrogens is 428 g/mol. The van der Waals surface area contributed by atoms with Crippen LogP contribution in [0.1, 0.15) is 23.3 Å². The predicted molar refractivity (Wildman–Crippen MR) is 123 cm³/mol. The number of nitrogens with zero attached hydrogens (tertiary/aromatic N) is 4. The van der Waals surface area contributed by atoms with E-state index < -0.39 is 0 Å². The number of thiazole rings is 1. The van der Waals surface area contributed by atoms with Gasteiger partial charge in [0.15, 0.2) is 5.13 Å². The van der Waals surface area contributed by atoms with E-state index in [4.69, 9.17) is 4.74 Å². The number of rotatable bonds is 5. The van der Waals surface area contributed by atoms with Gasteiger partial charge in [-0.2, -0.15) is 0 Å². The zero-order chi connectivity index (χ0) is 22.1. The molecule has 0 atom stereocenters. The van der Waals surface area contributed by atoms with Gasteiger partial charge >= 0.3 is 0 Å². The monoisotopic (exact) mass is 452 g/mol. The van der Waals surface area contributed by atoms with Gasteiger partial charge in [-0.1, -0.05) is 0 Å². The van der Waals surface area contributed by atoms with Crippen molar-refractivity contribution in [1.82, 2.24) is 15.3 Å². The lowest BCUT2D eigenvalue weighted by Gasteiger charge is -2.30. The predicted octanol–water partition coefficient (Wildman–Crippen LogP) is 2.17. The molecule has 2 aliphatic heterocycles. The molecule has 1 fully saturated rings. The SMILES string of the molecule is COC1=CCCC2=C1CN(c1nc(C(=O)Nc3cnccc3N3CCNCC3)cs1)C2=O. The Morgan fingerprint density at radius 2 is 2.12 bits per heavy atom. The zero-order valence-corrected chi connectivity index (χ0v) is 18.6. The van der Waals surface area contributed by atoms with Gasteiger partial charge in [-0.15, -0.1) is 11.3 Å². The molecule has 3 aliphatic rings. The van der Waals surface area contributed by atoms with Gasteiger partial charge in [-0.05, 0) is 25.0 Å². The van der Waals surface area contributed by atoms with Crippen LogP contribution in [0.5, 0.6) is 0 Å². The van der Waals surface area contributed by atoms with E-state index in [1.807, 2.05) is 12.1 Å². The number of nitrogens with one attached hydrogen (secondary N) is 2. The molecule has 1 aliphatic carbocycles. The van der Waals surface area contributed by atoms with E-state index in [2.05, 4.69) is 25.5 Å². The number of ether oxygens (including phenoxy) is 1. The van der Waals surface area contributed by atoms with E-state index in [-0.39, 0.29) is 17.5 Å². The normalized spacial score (nSPS) is 18.5. The van der Waals surface area contributed by atoms with Crippen molar-refractivity contribution in [3.63, 3.8) is 0 Å². The summed E-state index contributed by atoms with van der Waals surface area (Å²) < 4.78 is 5.44. The van der Waals surface area contributed by atoms with Crippen LogP contribution in [0.2, 0.25) is 0 Å². The number of anilines is 3. The fraction of sp³-hybridized carbons (Fsp3) is 0.364. The van der Waals surface area contributed by atoms with Gasteiger partial charge < -0.3 is 20.3 Å². The van der Waals surface area contributed by atoms with E-state index in [0.29, 0.717) is 23.8 Å². The number of pyridine rings is 1. The Labute approximate surface area is 189 Å². The van der Waals surface area contributed by atoms with Crippen LogP contribution in [0.25, 0.3) is 0 Å². The van der Waals surface area contributed by atoms with Crippen molar-refractivity contribution in [2.75, 3.05) is 55.0 Å². The number of methoxy groups -OCH3 is 1. The minimum absolute atomic E-state index is 0.0581. The summed E-state index contributed by atoms with van der Waals surface area (Å²) in [5, 5.41) is 8.47. The maximum atomic E-state index is 12.9. The summed E-state index contributed by atoms with van der Waals surface area (Å²) in [5.74, 6) is 0.379. The molecule has 0 unspecified atom stereocenters. The van der Waals surface area contributed by atoms with Crippen molar-refractivity contribution in [3.05, 3.63) is 52.5 Å². The van der Waals surface area contributed by atoms with Gasteiger partial charge in [0.05, 0.1) is 31.2 Å². The first kappa shape index (κ1) is 20.7. The van der Waals surface area contributed by atoms with Gasteiger partial charge in [0.25, 0.3) is 11.8 Å². The van der Waals surface area contributed by atoms with E-state index in [1.54, 1.807) is 29.8 Å². The quantitative estimate of drug-likeness (QED) is 0.717. The summed E-state index contributed by atoms with van der Waals surface area (Å²) in [6, 6.07) is 1.91. The highest BCUT2D eigenvalue weighted by atomic mass is 32.1. The van der Waals surface area contributed by atoms with Crippen LogP contribution in [-0.2, 0) is 9.53 Å². The lowest BCUT2D eigenvalue weighted by Crippen LogP contribution is -2.43. The van der Waals surface area contributed by atoms with E-state index >= 15 is 0 Å². The van der Waals surface area contributed by atoms with Crippen molar-refractivity contribution >= 4 is 39.7 Å². The lowest BCUT2D eigenvalue weighted by molar-refractivity contribution is -0.114. The third-order valence-corrected chi connectivity index (χ3v) is 6.75. The molecule has 166 valence electrons. The molecular formula is C22H24N6O3S. The molecule has 10 heteroatoms. The first-order chi connectivity index (χ1) is 15.7. The molecule has 1 saturated heterocycles. The summed E-state index contributed by atoms with van der Waals surface area (Å²) in [5.41, 5.74) is 3.57. The van der Waals surface area contributed by atoms with Gasteiger partial charge in [-0.25, -0.2) is 4.98 Å². The minimum Gasteiger partial charge on any atom is -0.497 e. The lowest BCUT2D eigenvalue weighted by atomic mass is 9.98. The molecule has 0 radical (unpaired) electrons. The van der Waals surface area contributed by atoms with Crippen molar-refractivity contribution in [2.24, 2.45) is 0 Å². The second-order valence-corrected chi connectivity index (χ2v) is 8.60. The van der Waals surface area contributed by atoms with Crippen molar-refractivity contribution in [1.29, 1.82) is 0 Å². The summed E-state index contributed by atoms with van der Waals surface area (Å²) in [7, 11) is 1.62. The Morgan fingerprint density at radius 1 is 1.28 bits per heavy atom. The fourth-order valence-corrected chi connectivity index (χ4v) is 5.08. The van der Waals surface area contributed by atoms with E-state index in [1.165, 1.54) is 11.3 Å². The third-order valence-electron chi connectivity index (χ3n) is 5.88. The molecule has 0 bridgehead atoms. The average Bonchev–Trinajstić information content (AvgIpc) is 3.45. The molecule has 0 aromatic carbocycles. The molecule has 0 spiro atoms. The average molecular weight is 453 g/mol. The number of piperazine rings is 1. The van der Waals surface area contributed by atoms with Crippen molar-refractivity contribution < 1.29 is 14.3 Å². The summed E-state index contributed by atoms with van der Waals surface area (Å²) in [4.78, 5) is 38.4. The number of hydrogen-bond acceptors (Lipinski definition) is 8. The van der Waals surface area contributed by atoms with Crippen LogP contribution in [0.3, 0.4) is 0 Å². The number of carbonyl (C=O) groups is 2. The topological polar surface area (TPSA) is 99.7 Å². The van der Waals surface area contributed by atoms with Gasteiger partial charge in [0.2, 0.25) is 0 Å². The van der Waals surface area contributed by atoms with Crippen LogP contribution in [0.15, 0.2) is 46.8 Å². The van der Waals surface area contributed by atoms with Crippen LogP contribution >= 0.6 is 11.3 Å². The van der Waals surface area contributed by atoms with Gasteiger partial charge in [0, 0.05) is 48.9 Å². The summed E-state index contributed by atoms with van der Waals surface area (Å²) >= 11 is 1.29. The number of carbonyl (C=O) groups excluding carboxylic acids is 2. The highest BCUT2D eigenvalue weighted by molar-refractivity contribution is 7.14. The highest BCUT2D eigenvalue weighted by Crippen LogP contribution is 2.36. The largest absolute Gasteiger partial charge is 0.497 e. The van der Waals surface area contributed by atoms with Crippen molar-refractivity contribution in [2.45, 2.75) is 12.8 Å². The molecule has 2 amide bonds. The molecule has 9 nitrogen and oxygen atoms in total. The molecule has 0 saturated carbocycles. The number of aromatic nitrogens is 2. The molecule has 32 heavy (non-hydrogen) atoms. The number of hydrogen-bond donors (Lipinski definition) is 2. The van der Waals surface area contributed by atoms with E-state index in [9.17, 15) is 9.59 Å². The Morgan fingerprint density at radius 3 is 2.94 bits per heavy atom. The molecule has 2 aromatic rings. The minimum atomic E-state index is -0.321. The highest BCUT2D eigenvalue weighted by Gasteiger charge is 2.36. The molecule has 4 heterocycles. The van der Waals surface area contributed by atoms with Crippen LogP contribution in [0.4, 0.5) is 16.5 Å². The maximum Gasteiger partial charge on any atom is 0.275 e. The zero-order valence-electron chi connectivity index (χ0n) is 17.8. The van der Waals surface area contributed by atoms with Crippen molar-refractivity contribution in [3.8, 4) is 0 Å². The standard InChI is InChI=1S/C22H24N6O3S/c1-31-19-4-2-3-14-15(19)12-28(21(14)30)22-26-17(13-32-22)20(29)25-16-11-24-6-5-18(16)27-9-7-23-8-10-27/h4-6,11,13,23H,2-3,7-10,12H2,1H3,(H,25,29). The Hall–Kier alpha value is -3.24. The Bertz CT molecular complexity index is 1120. The van der Waals surface area contributed by atoms with Crippen LogP contribution in [-0.4, -0.2) is 61.6 Å². The van der Waals surface area contributed by atoms with E-state index in [0.717, 1.165) is 55.2 Å². The smallest absolute Gasteiger partial charge is 0.275 e. The first-order valence-corrected chi connectivity index (χ1v) is 11.5. The summed E-state index contributed by atoms with van der Waals surface area (Å²) in [6.07, 6.45) is 6.88. The summed E-state index contributed by atoms with van der Waals surface area (Å²) in [6.45, 7) is 3.93. The Kier molecular flexibility index (Phi) is 5.62. The third kappa shape index (κ3) is 3.76. The van der Waals surface area contributed by atoms with Crippen LogP contribution in [0, 0.1) is 0 Å². The molecule has 5 rings (SSSR count).